The molecule has 0 fully saturated rings. The van der Waals surface area contributed by atoms with Crippen molar-refractivity contribution in [3.05, 3.63) is 42.5 Å². The lowest BCUT2D eigenvalue weighted by molar-refractivity contribution is -0.136. The summed E-state index contributed by atoms with van der Waals surface area (Å²) in [7, 11) is 0. The van der Waals surface area contributed by atoms with Crippen molar-refractivity contribution in [2.24, 2.45) is 11.7 Å². The number of nitrogens with two attached hydrogens (primary N) is 1. The van der Waals surface area contributed by atoms with E-state index in [4.69, 9.17) is 10.5 Å². The van der Waals surface area contributed by atoms with Gasteiger partial charge in [0.1, 0.15) is 11.8 Å². The van der Waals surface area contributed by atoms with Crippen LogP contribution in [-0.2, 0) is 4.79 Å². The molecule has 0 aromatic heterocycles. The molecule has 0 radical (unpaired) electrons. The fourth-order valence-corrected chi connectivity index (χ4v) is 1.69. The van der Waals surface area contributed by atoms with Crippen LogP contribution in [0.15, 0.2) is 42.5 Å². The third-order valence-corrected chi connectivity index (χ3v) is 2.93. The van der Waals surface area contributed by atoms with Crippen molar-refractivity contribution in [2.45, 2.75) is 19.9 Å². The fraction of sp³-hybridized carbons (Fsp3) is 0.267. The van der Waals surface area contributed by atoms with Crippen molar-refractivity contribution in [1.82, 2.24) is 0 Å². The highest BCUT2D eigenvalue weighted by Gasteiger charge is 2.19. The molecule has 2 aromatic carbocycles. The second kappa shape index (κ2) is 5.19. The van der Waals surface area contributed by atoms with Gasteiger partial charge in [-0.05, 0) is 28.8 Å². The zero-order valence-electron chi connectivity index (χ0n) is 10.6. The summed E-state index contributed by atoms with van der Waals surface area (Å²) in [6, 6.07) is 12.9. The smallest absolute Gasteiger partial charge is 0.328 e. The van der Waals surface area contributed by atoms with E-state index in [0.29, 0.717) is 5.75 Å². The van der Waals surface area contributed by atoms with Gasteiger partial charge in [-0.1, -0.05) is 44.2 Å². The van der Waals surface area contributed by atoms with Crippen LogP contribution in [0.2, 0.25) is 0 Å². The summed E-state index contributed by atoms with van der Waals surface area (Å²) in [6.45, 7) is 3.79. The van der Waals surface area contributed by atoms with E-state index in [-0.39, 0.29) is 11.9 Å². The number of carbonyl (C=O) groups excluding carboxylic acids is 1. The summed E-state index contributed by atoms with van der Waals surface area (Å²) >= 11 is 0. The maximum atomic E-state index is 11.7. The Morgan fingerprint density at radius 3 is 2.44 bits per heavy atom. The molecule has 0 heterocycles. The summed E-state index contributed by atoms with van der Waals surface area (Å²) in [6.07, 6.45) is 0. The van der Waals surface area contributed by atoms with Crippen molar-refractivity contribution in [1.29, 1.82) is 0 Å². The van der Waals surface area contributed by atoms with Gasteiger partial charge in [-0.3, -0.25) is 0 Å². The van der Waals surface area contributed by atoms with Crippen LogP contribution in [0.25, 0.3) is 10.8 Å². The van der Waals surface area contributed by atoms with Crippen LogP contribution in [0.4, 0.5) is 0 Å². The predicted octanol–water partition coefficient (Wildman–Crippen LogP) is 2.73. The lowest BCUT2D eigenvalue weighted by atomic mass is 10.1. The van der Waals surface area contributed by atoms with Gasteiger partial charge < -0.3 is 10.5 Å². The van der Waals surface area contributed by atoms with Gasteiger partial charge in [0, 0.05) is 0 Å². The number of carbonyl (C=O) groups is 1. The second-order valence-corrected chi connectivity index (χ2v) is 4.70. The molecule has 0 aliphatic rings. The SMILES string of the molecule is CC(C)[C@H](N)C(=O)Oc1ccc2ccccc2c1. The first kappa shape index (κ1) is 12.6. The first-order valence-corrected chi connectivity index (χ1v) is 6.04. The molecule has 0 saturated carbocycles. The van der Waals surface area contributed by atoms with E-state index in [0.717, 1.165) is 10.8 Å². The van der Waals surface area contributed by atoms with Crippen LogP contribution < -0.4 is 10.5 Å². The molecule has 0 unspecified atom stereocenters. The van der Waals surface area contributed by atoms with Crippen LogP contribution in [-0.4, -0.2) is 12.0 Å². The van der Waals surface area contributed by atoms with Crippen molar-refractivity contribution in [2.75, 3.05) is 0 Å². The van der Waals surface area contributed by atoms with Crippen LogP contribution in [0.5, 0.6) is 5.75 Å². The lowest BCUT2D eigenvalue weighted by Gasteiger charge is -2.14. The molecule has 0 aliphatic carbocycles. The van der Waals surface area contributed by atoms with Gasteiger partial charge in [0.25, 0.3) is 0 Å². The first-order chi connectivity index (χ1) is 8.58. The Kier molecular flexibility index (Phi) is 3.63. The minimum Gasteiger partial charge on any atom is -0.425 e. The van der Waals surface area contributed by atoms with Crippen LogP contribution in [0.1, 0.15) is 13.8 Å². The minimum absolute atomic E-state index is 0.0676. The van der Waals surface area contributed by atoms with Crippen LogP contribution in [0, 0.1) is 5.92 Å². The number of ether oxygens (including phenoxy) is 1. The lowest BCUT2D eigenvalue weighted by Crippen LogP contribution is -2.38. The topological polar surface area (TPSA) is 52.3 Å². The Morgan fingerprint density at radius 2 is 1.78 bits per heavy atom. The monoisotopic (exact) mass is 243 g/mol. The maximum absolute atomic E-state index is 11.7. The maximum Gasteiger partial charge on any atom is 0.328 e. The minimum atomic E-state index is -0.587. The standard InChI is InChI=1S/C15H17NO2/c1-10(2)14(16)15(17)18-13-8-7-11-5-3-4-6-12(11)9-13/h3-10,14H,16H2,1-2H3/t14-/m0/s1. The van der Waals surface area contributed by atoms with E-state index in [1.54, 1.807) is 6.07 Å². The number of hydrogen-bond acceptors (Lipinski definition) is 3. The van der Waals surface area contributed by atoms with E-state index in [1.807, 2.05) is 50.2 Å². The highest BCUT2D eigenvalue weighted by Crippen LogP contribution is 2.21. The van der Waals surface area contributed by atoms with Crippen LogP contribution >= 0.6 is 0 Å². The largest absolute Gasteiger partial charge is 0.425 e. The third kappa shape index (κ3) is 2.68. The normalized spacial score (nSPS) is 12.7. The molecule has 2 N–H and O–H groups in total. The van der Waals surface area contributed by atoms with E-state index < -0.39 is 6.04 Å². The Balaban J connectivity index is 2.19. The molecule has 0 saturated heterocycles. The third-order valence-electron chi connectivity index (χ3n) is 2.93. The molecule has 18 heavy (non-hydrogen) atoms. The molecule has 94 valence electrons. The average molecular weight is 243 g/mol. The van der Waals surface area contributed by atoms with E-state index in [9.17, 15) is 4.79 Å². The van der Waals surface area contributed by atoms with E-state index in [2.05, 4.69) is 0 Å². The van der Waals surface area contributed by atoms with Gasteiger partial charge in [0.2, 0.25) is 0 Å². The predicted molar refractivity (Wildman–Crippen MR) is 72.4 cm³/mol. The molecule has 2 aromatic rings. The molecular weight excluding hydrogens is 226 g/mol. The second-order valence-electron chi connectivity index (χ2n) is 4.70. The Morgan fingerprint density at radius 1 is 1.11 bits per heavy atom. The van der Waals surface area contributed by atoms with Gasteiger partial charge in [-0.25, -0.2) is 4.79 Å². The van der Waals surface area contributed by atoms with E-state index >= 15 is 0 Å². The summed E-state index contributed by atoms with van der Waals surface area (Å²) in [5.41, 5.74) is 5.75. The summed E-state index contributed by atoms with van der Waals surface area (Å²) < 4.78 is 5.28. The number of benzene rings is 2. The van der Waals surface area contributed by atoms with Gasteiger partial charge in [0.15, 0.2) is 0 Å². The van der Waals surface area contributed by atoms with Crippen molar-refractivity contribution in [3.63, 3.8) is 0 Å². The van der Waals surface area contributed by atoms with E-state index in [1.165, 1.54) is 0 Å². The zero-order valence-corrected chi connectivity index (χ0v) is 10.6. The van der Waals surface area contributed by atoms with Crippen molar-refractivity contribution >= 4 is 16.7 Å². The van der Waals surface area contributed by atoms with Gasteiger partial charge in [-0.15, -0.1) is 0 Å². The summed E-state index contributed by atoms with van der Waals surface area (Å²) in [5.74, 6) is 0.216. The van der Waals surface area contributed by atoms with Crippen molar-refractivity contribution in [3.8, 4) is 5.75 Å². The van der Waals surface area contributed by atoms with Gasteiger partial charge in [-0.2, -0.15) is 0 Å². The average Bonchev–Trinajstić information content (AvgIpc) is 2.37. The summed E-state index contributed by atoms with van der Waals surface area (Å²) in [5, 5.41) is 2.16. The summed E-state index contributed by atoms with van der Waals surface area (Å²) in [4.78, 5) is 11.7. The Hall–Kier alpha value is -1.87. The highest BCUT2D eigenvalue weighted by molar-refractivity contribution is 5.85. The molecule has 3 nitrogen and oxygen atoms in total. The fourth-order valence-electron chi connectivity index (χ4n) is 1.69. The van der Waals surface area contributed by atoms with Crippen LogP contribution in [0.3, 0.4) is 0 Å². The molecule has 0 bridgehead atoms. The number of hydrogen-bond donors (Lipinski definition) is 1. The number of fused-ring (bicyclic) bond motifs is 1. The molecule has 3 heteroatoms. The molecule has 0 amide bonds. The molecule has 0 aliphatic heterocycles. The molecule has 1 atom stereocenters. The number of rotatable bonds is 3. The van der Waals surface area contributed by atoms with Gasteiger partial charge in [0.05, 0.1) is 0 Å². The van der Waals surface area contributed by atoms with Gasteiger partial charge >= 0.3 is 5.97 Å². The highest BCUT2D eigenvalue weighted by atomic mass is 16.5. The molecule has 0 spiro atoms. The molecular formula is C15H17NO2. The quantitative estimate of drug-likeness (QED) is 0.666. The van der Waals surface area contributed by atoms with Crippen molar-refractivity contribution < 1.29 is 9.53 Å². The zero-order chi connectivity index (χ0) is 13.1. The first-order valence-electron chi connectivity index (χ1n) is 6.04. The Labute approximate surface area is 107 Å². The number of esters is 1. The Bertz CT molecular complexity index is 563. The molecule has 2 rings (SSSR count).